The van der Waals surface area contributed by atoms with Gasteiger partial charge in [0.05, 0.1) is 0 Å². The van der Waals surface area contributed by atoms with E-state index in [1.807, 2.05) is 0 Å². The molecule has 0 amide bonds. The van der Waals surface area contributed by atoms with Crippen molar-refractivity contribution >= 4 is 17.6 Å². The molecule has 0 fully saturated rings. The van der Waals surface area contributed by atoms with Crippen molar-refractivity contribution in [3.63, 3.8) is 0 Å². The summed E-state index contributed by atoms with van der Waals surface area (Å²) >= 11 is 0. The minimum Gasteiger partial charge on any atom is -0.225 e. The number of hydrogen-bond donors (Lipinski definition) is 0. The summed E-state index contributed by atoms with van der Waals surface area (Å²) in [6.07, 6.45) is 0. The minimum atomic E-state index is -0.280. The fraction of sp³-hybridized carbons (Fsp3) is 0.200. The van der Waals surface area contributed by atoms with Crippen LogP contribution in [0.4, 0.5) is 17.6 Å². The van der Waals surface area contributed by atoms with E-state index in [2.05, 4.69) is 40.0 Å². The maximum Gasteiger partial charge on any atom is 0.217 e. The quantitative estimate of drug-likeness (QED) is 0.427. The molecule has 0 bridgehead atoms. The van der Waals surface area contributed by atoms with Crippen LogP contribution in [0, 0.1) is 6.92 Å². The molecule has 0 saturated carbocycles. The Balaban J connectivity index is 3.55. The van der Waals surface area contributed by atoms with Gasteiger partial charge in [-0.15, -0.1) is 0 Å². The maximum atomic E-state index is 8.28. The third-order valence-corrected chi connectivity index (χ3v) is 1.50. The first-order valence-electron chi connectivity index (χ1n) is 3.77. The van der Waals surface area contributed by atoms with Crippen LogP contribution >= 0.6 is 0 Å². The van der Waals surface area contributed by atoms with E-state index in [1.54, 1.807) is 0 Å². The molecule has 0 aliphatic heterocycles. The lowest BCUT2D eigenvalue weighted by molar-refractivity contribution is 1.07. The molecule has 0 aliphatic carbocycles. The van der Waals surface area contributed by atoms with Gasteiger partial charge in [-0.25, -0.2) is 9.97 Å². The number of nitrogens with zero attached hydrogens (tertiary/aromatic N) is 11. The molecule has 0 aromatic carbocycles. The summed E-state index contributed by atoms with van der Waals surface area (Å²) < 4.78 is 0. The molecule has 16 heavy (non-hydrogen) atoms. The van der Waals surface area contributed by atoms with E-state index in [0.29, 0.717) is 5.56 Å². The Morgan fingerprint density at radius 2 is 1.31 bits per heavy atom. The van der Waals surface area contributed by atoms with Crippen molar-refractivity contribution in [2.24, 2.45) is 15.3 Å². The Labute approximate surface area is 87.6 Å². The standard InChI is InChI=1S/C5H3N11/c1-2-3(11-14-6)9-5(13-16-8)10-4(2)12-15-7/h1H3. The number of hydrogen-bond acceptors (Lipinski definition) is 5. The number of aromatic nitrogens is 2. The molecule has 11 nitrogen and oxygen atoms in total. The second-order valence-electron chi connectivity index (χ2n) is 2.36. The normalized spacial score (nSPS) is 8.31. The Kier molecular flexibility index (Phi) is 3.49. The Morgan fingerprint density at radius 1 is 0.875 bits per heavy atom. The zero-order valence-electron chi connectivity index (χ0n) is 7.92. The van der Waals surface area contributed by atoms with Crippen LogP contribution in [0.15, 0.2) is 15.3 Å². The van der Waals surface area contributed by atoms with E-state index in [9.17, 15) is 0 Å². The van der Waals surface area contributed by atoms with Gasteiger partial charge >= 0.3 is 0 Å². The van der Waals surface area contributed by atoms with Crippen LogP contribution in [0.1, 0.15) is 5.56 Å². The molecular weight excluding hydrogens is 214 g/mol. The summed E-state index contributed by atoms with van der Waals surface area (Å²) in [6.45, 7) is 1.51. The fourth-order valence-electron chi connectivity index (χ4n) is 0.846. The lowest BCUT2D eigenvalue weighted by Gasteiger charge is -2.01. The third-order valence-electron chi connectivity index (χ3n) is 1.50. The lowest BCUT2D eigenvalue weighted by atomic mass is 10.3. The van der Waals surface area contributed by atoms with E-state index >= 15 is 0 Å². The maximum absolute atomic E-state index is 8.28. The highest BCUT2D eigenvalue weighted by atomic mass is 15.3. The first kappa shape index (κ1) is 11.1. The molecule has 1 heterocycles. The van der Waals surface area contributed by atoms with Crippen LogP contribution in [0.5, 0.6) is 0 Å². The van der Waals surface area contributed by atoms with Crippen LogP contribution in [0.25, 0.3) is 31.3 Å². The van der Waals surface area contributed by atoms with E-state index in [-0.39, 0.29) is 17.6 Å². The van der Waals surface area contributed by atoms with Crippen LogP contribution in [0.3, 0.4) is 0 Å². The molecule has 1 rings (SSSR count). The van der Waals surface area contributed by atoms with Crippen molar-refractivity contribution in [1.29, 1.82) is 0 Å². The average Bonchev–Trinajstić information content (AvgIpc) is 2.26. The highest BCUT2D eigenvalue weighted by Gasteiger charge is 2.07. The molecule has 0 spiro atoms. The molecule has 0 N–H and O–H groups in total. The molecule has 0 radical (unpaired) electrons. The van der Waals surface area contributed by atoms with Gasteiger partial charge < -0.3 is 0 Å². The number of azide groups is 3. The predicted molar refractivity (Wildman–Crippen MR) is 53.2 cm³/mol. The van der Waals surface area contributed by atoms with Gasteiger partial charge in [0.15, 0.2) is 0 Å². The van der Waals surface area contributed by atoms with Crippen LogP contribution in [0.2, 0.25) is 0 Å². The Morgan fingerprint density at radius 3 is 1.69 bits per heavy atom. The fourth-order valence-corrected chi connectivity index (χ4v) is 0.846. The van der Waals surface area contributed by atoms with Crippen molar-refractivity contribution in [1.82, 2.24) is 9.97 Å². The summed E-state index contributed by atoms with van der Waals surface area (Å²) in [5, 5.41) is 9.64. The van der Waals surface area contributed by atoms with Crippen molar-refractivity contribution in [3.8, 4) is 0 Å². The van der Waals surface area contributed by atoms with Gasteiger partial charge in [-0.3, -0.25) is 0 Å². The summed E-state index contributed by atoms with van der Waals surface area (Å²) in [5.41, 5.74) is 25.1. The van der Waals surface area contributed by atoms with Gasteiger partial charge in [0.2, 0.25) is 5.95 Å². The van der Waals surface area contributed by atoms with E-state index in [0.717, 1.165) is 0 Å². The van der Waals surface area contributed by atoms with Crippen molar-refractivity contribution < 1.29 is 0 Å². The highest BCUT2D eigenvalue weighted by molar-refractivity contribution is 5.53. The molecule has 0 saturated heterocycles. The van der Waals surface area contributed by atoms with Crippen LogP contribution in [-0.4, -0.2) is 9.97 Å². The summed E-state index contributed by atoms with van der Waals surface area (Å²) in [6, 6.07) is 0. The van der Waals surface area contributed by atoms with Gasteiger partial charge in [0, 0.05) is 20.3 Å². The molecule has 78 valence electrons. The van der Waals surface area contributed by atoms with E-state index in [1.165, 1.54) is 6.92 Å². The molecule has 1 aromatic rings. The monoisotopic (exact) mass is 217 g/mol. The van der Waals surface area contributed by atoms with Crippen LogP contribution in [-0.2, 0) is 0 Å². The van der Waals surface area contributed by atoms with Crippen molar-refractivity contribution in [2.75, 3.05) is 0 Å². The number of rotatable bonds is 3. The van der Waals surface area contributed by atoms with Crippen molar-refractivity contribution in [2.45, 2.75) is 6.92 Å². The van der Waals surface area contributed by atoms with Crippen LogP contribution < -0.4 is 0 Å². The van der Waals surface area contributed by atoms with Gasteiger partial charge in [0.25, 0.3) is 0 Å². The zero-order chi connectivity index (χ0) is 12.0. The second kappa shape index (κ2) is 5.03. The molecule has 0 atom stereocenters. The zero-order valence-corrected chi connectivity index (χ0v) is 7.92. The van der Waals surface area contributed by atoms with Gasteiger partial charge in [-0.2, -0.15) is 0 Å². The van der Waals surface area contributed by atoms with Gasteiger partial charge in [-0.05, 0) is 38.9 Å². The van der Waals surface area contributed by atoms with Gasteiger partial charge in [0.1, 0.15) is 11.6 Å². The third kappa shape index (κ3) is 2.28. The molecule has 1 aromatic heterocycles. The highest BCUT2D eigenvalue weighted by Crippen LogP contribution is 2.27. The SMILES string of the molecule is Cc1c(N=[N+]=[N-])nc(N=[N+]=[N-])nc1N=[N+]=[N-]. The second-order valence-corrected chi connectivity index (χ2v) is 2.36. The Bertz CT molecular complexity index is 515. The molecule has 0 aliphatic rings. The molecule has 0 unspecified atom stereocenters. The lowest BCUT2D eigenvalue weighted by Crippen LogP contribution is -1.86. The largest absolute Gasteiger partial charge is 0.225 e. The van der Waals surface area contributed by atoms with E-state index in [4.69, 9.17) is 16.6 Å². The first-order valence-corrected chi connectivity index (χ1v) is 3.77. The molecule has 11 heteroatoms. The summed E-state index contributed by atoms with van der Waals surface area (Å²) in [7, 11) is 0. The first-order chi connectivity index (χ1) is 7.72. The summed E-state index contributed by atoms with van der Waals surface area (Å²) in [4.78, 5) is 14.9. The van der Waals surface area contributed by atoms with Crippen molar-refractivity contribution in [3.05, 3.63) is 36.9 Å². The van der Waals surface area contributed by atoms with E-state index < -0.39 is 0 Å². The Hall–Kier alpha value is -2.99. The van der Waals surface area contributed by atoms with Gasteiger partial charge in [-0.1, -0.05) is 0 Å². The summed E-state index contributed by atoms with van der Waals surface area (Å²) in [5.74, 6) is -0.387. The predicted octanol–water partition coefficient (Wildman–Crippen LogP) is 3.61. The minimum absolute atomic E-state index is 0.0534. The smallest absolute Gasteiger partial charge is 0.217 e. The molecular formula is C5H3N11. The topological polar surface area (TPSA) is 172 Å². The average molecular weight is 217 g/mol.